The molecule has 9 nitrogen and oxygen atoms in total. The number of ether oxygens (including phenoxy) is 3. The first-order chi connectivity index (χ1) is 19.0. The van der Waals surface area contributed by atoms with Gasteiger partial charge in [-0.05, 0) is 44.2 Å². The summed E-state index contributed by atoms with van der Waals surface area (Å²) in [5, 5.41) is 4.83. The summed E-state index contributed by atoms with van der Waals surface area (Å²) in [5.41, 5.74) is 6.32. The van der Waals surface area contributed by atoms with Gasteiger partial charge < -0.3 is 23.3 Å². The average molecular weight is 527 g/mol. The molecule has 1 atom stereocenters. The summed E-state index contributed by atoms with van der Waals surface area (Å²) in [6, 6.07) is 12.4. The zero-order chi connectivity index (χ0) is 27.1. The molecule has 0 amide bonds. The van der Waals surface area contributed by atoms with E-state index in [0.29, 0.717) is 41.1 Å². The van der Waals surface area contributed by atoms with Crippen LogP contribution in [0.5, 0.6) is 5.88 Å². The van der Waals surface area contributed by atoms with E-state index in [-0.39, 0.29) is 12.0 Å². The van der Waals surface area contributed by atoms with Crippen molar-refractivity contribution < 1.29 is 23.5 Å². The molecule has 1 aromatic carbocycles. The Labute approximate surface area is 225 Å². The predicted molar refractivity (Wildman–Crippen MR) is 146 cm³/mol. The minimum absolute atomic E-state index is 0.104. The lowest BCUT2D eigenvalue weighted by molar-refractivity contribution is 0.0549. The normalized spacial score (nSPS) is 15.1. The van der Waals surface area contributed by atoms with Gasteiger partial charge in [-0.1, -0.05) is 35.5 Å². The molecule has 39 heavy (non-hydrogen) atoms. The van der Waals surface area contributed by atoms with E-state index in [9.17, 15) is 4.79 Å². The molecule has 5 aromatic rings. The number of rotatable bonds is 6. The average Bonchev–Trinajstić information content (AvgIpc) is 3.49. The number of benzene rings is 1. The van der Waals surface area contributed by atoms with Crippen LogP contribution in [0.1, 0.15) is 46.3 Å². The second-order valence-corrected chi connectivity index (χ2v) is 9.86. The standard InChI is InChI=1S/C30H30N4O5/c1-17-24(18(2)39-33-17)21-14-23-26(31-15-21)25-28(22(30(35)37-4)16-32-29(25)36-3)34(23)27(19-8-6-5-7-9-19)20-10-12-38-13-11-20/h5-9,14-16,20,27H,10-13H2,1-4H3. The number of aromatic nitrogens is 4. The minimum atomic E-state index is -0.469. The first-order valence-electron chi connectivity index (χ1n) is 13.0. The number of carbonyl (C=O) groups is 1. The third-order valence-electron chi connectivity index (χ3n) is 7.67. The second-order valence-electron chi connectivity index (χ2n) is 9.86. The van der Waals surface area contributed by atoms with Gasteiger partial charge in [0.25, 0.3) is 0 Å². The first-order valence-corrected chi connectivity index (χ1v) is 13.0. The van der Waals surface area contributed by atoms with E-state index in [1.54, 1.807) is 7.11 Å². The lowest BCUT2D eigenvalue weighted by Crippen LogP contribution is -2.27. The lowest BCUT2D eigenvalue weighted by atomic mass is 9.86. The van der Waals surface area contributed by atoms with Gasteiger partial charge in [-0.3, -0.25) is 4.98 Å². The molecule has 5 heterocycles. The van der Waals surface area contributed by atoms with E-state index >= 15 is 0 Å². The molecule has 9 heteroatoms. The molecule has 0 N–H and O–H groups in total. The summed E-state index contributed by atoms with van der Waals surface area (Å²) in [6.07, 6.45) is 5.11. The van der Waals surface area contributed by atoms with Crippen molar-refractivity contribution in [1.29, 1.82) is 0 Å². The summed E-state index contributed by atoms with van der Waals surface area (Å²) in [4.78, 5) is 22.6. The third kappa shape index (κ3) is 4.13. The Kier molecular flexibility index (Phi) is 6.52. The molecule has 1 aliphatic heterocycles. The molecule has 200 valence electrons. The van der Waals surface area contributed by atoms with Crippen LogP contribution >= 0.6 is 0 Å². The summed E-state index contributed by atoms with van der Waals surface area (Å²) in [5.74, 6) is 0.906. The van der Waals surface area contributed by atoms with Crippen molar-refractivity contribution >= 4 is 27.9 Å². The fourth-order valence-corrected chi connectivity index (χ4v) is 5.95. The largest absolute Gasteiger partial charge is 0.480 e. The van der Waals surface area contributed by atoms with Gasteiger partial charge in [0, 0.05) is 36.7 Å². The number of hydrogen-bond donors (Lipinski definition) is 0. The highest BCUT2D eigenvalue weighted by molar-refractivity contribution is 6.15. The fraction of sp³-hybridized carbons (Fsp3) is 0.333. The van der Waals surface area contributed by atoms with Crippen LogP contribution in [-0.4, -0.2) is 53.1 Å². The van der Waals surface area contributed by atoms with Gasteiger partial charge in [-0.25, -0.2) is 9.78 Å². The lowest BCUT2D eigenvalue weighted by Gasteiger charge is -2.33. The van der Waals surface area contributed by atoms with Crippen LogP contribution in [0.2, 0.25) is 0 Å². The van der Waals surface area contributed by atoms with Crippen LogP contribution in [0.4, 0.5) is 0 Å². The van der Waals surface area contributed by atoms with Crippen LogP contribution in [0.3, 0.4) is 0 Å². The topological polar surface area (TPSA) is 102 Å². The van der Waals surface area contributed by atoms with Gasteiger partial charge >= 0.3 is 5.97 Å². The van der Waals surface area contributed by atoms with Crippen molar-refractivity contribution in [3.05, 3.63) is 71.4 Å². The van der Waals surface area contributed by atoms with E-state index in [2.05, 4.69) is 32.9 Å². The summed E-state index contributed by atoms with van der Waals surface area (Å²) in [7, 11) is 2.96. The maximum atomic E-state index is 13.2. The number of aryl methyl sites for hydroxylation is 2. The van der Waals surface area contributed by atoms with E-state index < -0.39 is 5.97 Å². The number of carbonyl (C=O) groups excluding carboxylic acids is 1. The van der Waals surface area contributed by atoms with Gasteiger partial charge in [-0.2, -0.15) is 0 Å². The molecular formula is C30H30N4O5. The highest BCUT2D eigenvalue weighted by atomic mass is 16.5. The van der Waals surface area contributed by atoms with E-state index in [1.807, 2.05) is 38.2 Å². The van der Waals surface area contributed by atoms with Crippen molar-refractivity contribution in [2.75, 3.05) is 27.4 Å². The number of esters is 1. The quantitative estimate of drug-likeness (QED) is 0.261. The zero-order valence-corrected chi connectivity index (χ0v) is 22.4. The van der Waals surface area contributed by atoms with Crippen molar-refractivity contribution in [2.24, 2.45) is 5.92 Å². The Hall–Kier alpha value is -4.24. The molecule has 0 radical (unpaired) electrons. The number of pyridine rings is 2. The van der Waals surface area contributed by atoms with Crippen LogP contribution in [0.15, 0.2) is 53.3 Å². The molecule has 0 aliphatic carbocycles. The number of fused-ring (bicyclic) bond motifs is 3. The number of methoxy groups -OCH3 is 2. The molecule has 1 saturated heterocycles. The summed E-state index contributed by atoms with van der Waals surface area (Å²) >= 11 is 0. The monoisotopic (exact) mass is 526 g/mol. The Bertz CT molecular complexity index is 1650. The maximum absolute atomic E-state index is 13.2. The highest BCUT2D eigenvalue weighted by Gasteiger charge is 2.33. The van der Waals surface area contributed by atoms with E-state index in [4.69, 9.17) is 23.7 Å². The Morgan fingerprint density at radius 3 is 2.51 bits per heavy atom. The second kappa shape index (κ2) is 10.1. The van der Waals surface area contributed by atoms with Crippen molar-refractivity contribution in [3.63, 3.8) is 0 Å². The molecule has 0 spiro atoms. The van der Waals surface area contributed by atoms with Crippen LogP contribution < -0.4 is 4.74 Å². The smallest absolute Gasteiger partial charge is 0.341 e. The third-order valence-corrected chi connectivity index (χ3v) is 7.67. The zero-order valence-electron chi connectivity index (χ0n) is 22.4. The molecule has 1 fully saturated rings. The van der Waals surface area contributed by atoms with Crippen molar-refractivity contribution in [2.45, 2.75) is 32.7 Å². The van der Waals surface area contributed by atoms with Gasteiger partial charge in [0.2, 0.25) is 5.88 Å². The van der Waals surface area contributed by atoms with Crippen molar-refractivity contribution in [1.82, 2.24) is 19.7 Å². The molecule has 6 rings (SSSR count). The molecule has 1 aliphatic rings. The van der Waals surface area contributed by atoms with Gasteiger partial charge in [0.1, 0.15) is 16.8 Å². The first kappa shape index (κ1) is 25.1. The molecular weight excluding hydrogens is 496 g/mol. The highest BCUT2D eigenvalue weighted by Crippen LogP contribution is 2.44. The Balaban J connectivity index is 1.77. The molecule has 4 aromatic heterocycles. The summed E-state index contributed by atoms with van der Waals surface area (Å²) in [6.45, 7) is 5.18. The van der Waals surface area contributed by atoms with Gasteiger partial charge in [-0.15, -0.1) is 0 Å². The molecule has 0 saturated carbocycles. The molecule has 1 unspecified atom stereocenters. The number of hydrogen-bond acceptors (Lipinski definition) is 8. The molecule has 0 bridgehead atoms. The Morgan fingerprint density at radius 1 is 1.08 bits per heavy atom. The van der Waals surface area contributed by atoms with Crippen LogP contribution in [0.25, 0.3) is 33.1 Å². The van der Waals surface area contributed by atoms with Gasteiger partial charge in [0.05, 0.1) is 42.4 Å². The minimum Gasteiger partial charge on any atom is -0.480 e. The predicted octanol–water partition coefficient (Wildman–Crippen LogP) is 5.67. The Morgan fingerprint density at radius 2 is 1.85 bits per heavy atom. The van der Waals surface area contributed by atoms with Crippen LogP contribution in [-0.2, 0) is 9.47 Å². The maximum Gasteiger partial charge on any atom is 0.341 e. The van der Waals surface area contributed by atoms with Gasteiger partial charge in [0.15, 0.2) is 0 Å². The SMILES string of the molecule is COC(=O)c1cnc(OC)c2c3ncc(-c4c(C)noc4C)cc3n(C(c3ccccc3)C3CCOCC3)c12. The van der Waals surface area contributed by atoms with E-state index in [1.165, 1.54) is 13.3 Å². The van der Waals surface area contributed by atoms with Crippen LogP contribution in [0, 0.1) is 19.8 Å². The fourth-order valence-electron chi connectivity index (χ4n) is 5.95. The van der Waals surface area contributed by atoms with Crippen molar-refractivity contribution in [3.8, 4) is 17.0 Å². The summed E-state index contributed by atoms with van der Waals surface area (Å²) < 4.78 is 24.4. The number of nitrogens with zero attached hydrogens (tertiary/aromatic N) is 4. The van der Waals surface area contributed by atoms with E-state index in [0.717, 1.165) is 46.5 Å².